The van der Waals surface area contributed by atoms with Crippen molar-refractivity contribution in [3.05, 3.63) is 23.3 Å². The molecule has 15 heteroatoms. The molecule has 0 aromatic rings. The van der Waals surface area contributed by atoms with Gasteiger partial charge < -0.3 is 19.7 Å². The van der Waals surface area contributed by atoms with Crippen LogP contribution in [0.2, 0.25) is 0 Å². The Hall–Kier alpha value is -1.45. The third-order valence-corrected chi connectivity index (χ3v) is 3.04. The van der Waals surface area contributed by atoms with E-state index >= 15 is 0 Å². The quantitative estimate of drug-likeness (QED) is 0.266. The highest BCUT2D eigenvalue weighted by Gasteiger charge is 2.75. The fourth-order valence-electron chi connectivity index (χ4n) is 1.54. The minimum Gasteiger partial charge on any atom is -0.394 e. The summed E-state index contributed by atoms with van der Waals surface area (Å²) in [4.78, 5) is 0. The van der Waals surface area contributed by atoms with Crippen molar-refractivity contribution in [1.82, 2.24) is 0 Å². The van der Waals surface area contributed by atoms with Crippen LogP contribution in [-0.4, -0.2) is 67.4 Å². The van der Waals surface area contributed by atoms with E-state index in [1.165, 1.54) is 0 Å². The van der Waals surface area contributed by atoms with Gasteiger partial charge in [0.25, 0.3) is 0 Å². The van der Waals surface area contributed by atoms with Gasteiger partial charge in [0, 0.05) is 6.61 Å². The first-order valence-electron chi connectivity index (χ1n) is 7.47. The van der Waals surface area contributed by atoms with Gasteiger partial charge in [-0.05, 0) is 6.42 Å². The Bertz CT molecular complexity index is 591. The van der Waals surface area contributed by atoms with E-state index in [1.807, 2.05) is 0 Å². The summed E-state index contributed by atoms with van der Waals surface area (Å²) in [6.45, 7) is -5.78. The molecular weight excluding hydrogens is 441 g/mol. The summed E-state index contributed by atoms with van der Waals surface area (Å²) in [5.41, 5.74) is 0. The maximum Gasteiger partial charge on any atom is 0.460 e. The highest BCUT2D eigenvalue weighted by molar-refractivity contribution is 5.30. The van der Waals surface area contributed by atoms with Crippen molar-refractivity contribution < 1.29 is 68.0 Å². The summed E-state index contributed by atoms with van der Waals surface area (Å²) in [5, 5.41) is 17.4. The topological polar surface area (TPSA) is 58.9 Å². The molecule has 0 heterocycles. The van der Waals surface area contributed by atoms with Gasteiger partial charge in [0.05, 0.1) is 19.8 Å². The van der Waals surface area contributed by atoms with Gasteiger partial charge in [-0.3, -0.25) is 0 Å². The van der Waals surface area contributed by atoms with Crippen molar-refractivity contribution in [2.24, 2.45) is 0 Å². The number of alkyl halides is 7. The molecule has 29 heavy (non-hydrogen) atoms. The van der Waals surface area contributed by atoms with Crippen molar-refractivity contribution in [3.8, 4) is 0 Å². The largest absolute Gasteiger partial charge is 0.460 e. The van der Waals surface area contributed by atoms with Crippen LogP contribution in [0.25, 0.3) is 0 Å². The minimum absolute atomic E-state index is 0.530. The number of ether oxygens (including phenoxy) is 2. The summed E-state index contributed by atoms with van der Waals surface area (Å²) in [5.74, 6) is -25.9. The number of halogens is 11. The molecule has 2 N–H and O–H groups in total. The smallest absolute Gasteiger partial charge is 0.394 e. The fourth-order valence-corrected chi connectivity index (χ4v) is 1.54. The lowest BCUT2D eigenvalue weighted by Gasteiger charge is -2.33. The van der Waals surface area contributed by atoms with Crippen molar-refractivity contribution >= 4 is 0 Å². The van der Waals surface area contributed by atoms with Crippen molar-refractivity contribution in [2.75, 3.05) is 33.1 Å². The zero-order valence-corrected chi connectivity index (χ0v) is 14.2. The second-order valence-corrected chi connectivity index (χ2v) is 5.26. The van der Waals surface area contributed by atoms with Gasteiger partial charge in [-0.2, -0.15) is 26.3 Å². The fraction of sp³-hybridized carbons (Fsp3) is 0.714. The predicted octanol–water partition coefficient (Wildman–Crippen LogP) is 3.90. The molecule has 172 valence electrons. The monoisotopic (exact) mass is 456 g/mol. The van der Waals surface area contributed by atoms with Gasteiger partial charge in [-0.25, -0.2) is 22.0 Å². The third-order valence-electron chi connectivity index (χ3n) is 3.04. The Morgan fingerprint density at radius 1 is 0.897 bits per heavy atom. The van der Waals surface area contributed by atoms with Crippen LogP contribution in [0.5, 0.6) is 0 Å². The van der Waals surface area contributed by atoms with E-state index in [-0.39, 0.29) is 0 Å². The molecular formula is C14H15F11O4. The van der Waals surface area contributed by atoms with Crippen LogP contribution in [0.15, 0.2) is 23.3 Å². The molecule has 0 aliphatic carbocycles. The average molecular weight is 456 g/mol. The normalized spacial score (nSPS) is 18.1. The van der Waals surface area contributed by atoms with E-state index < -0.39 is 86.9 Å². The first-order valence-corrected chi connectivity index (χ1v) is 7.47. The summed E-state index contributed by atoms with van der Waals surface area (Å²) < 4.78 is 151. The number of rotatable bonds is 12. The first-order chi connectivity index (χ1) is 13.2. The maximum absolute atomic E-state index is 14.2. The predicted molar refractivity (Wildman–Crippen MR) is 73.8 cm³/mol. The molecule has 0 fully saturated rings. The van der Waals surface area contributed by atoms with E-state index in [9.17, 15) is 48.3 Å². The molecule has 0 aromatic carbocycles. The van der Waals surface area contributed by atoms with Crippen LogP contribution in [0, 0.1) is 0 Å². The standard InChI is InChI=1S/C14H15F11O4/c15-4-8(16)9(17)10(18)11(19)12(20,13(21,22)14(23,24)25)29-3-1-2-28-6-7(27)5-26/h7,26-27H,1-6H2/b9-8+,11-10+. The first kappa shape index (κ1) is 27.5. The van der Waals surface area contributed by atoms with Crippen molar-refractivity contribution in [1.29, 1.82) is 0 Å². The van der Waals surface area contributed by atoms with Gasteiger partial charge in [-0.1, -0.05) is 0 Å². The van der Waals surface area contributed by atoms with Gasteiger partial charge in [0.2, 0.25) is 5.83 Å². The van der Waals surface area contributed by atoms with Gasteiger partial charge >= 0.3 is 18.0 Å². The highest BCUT2D eigenvalue weighted by atomic mass is 19.4. The molecule has 2 atom stereocenters. The molecule has 0 aliphatic heterocycles. The SMILES string of the molecule is OCC(O)COCCCOC(F)(/C(F)=C(F)/C(F)=C(\F)CF)C(F)(F)C(F)(F)F. The number of aliphatic hydroxyl groups is 2. The Morgan fingerprint density at radius 2 is 1.45 bits per heavy atom. The lowest BCUT2D eigenvalue weighted by molar-refractivity contribution is -0.375. The Morgan fingerprint density at radius 3 is 1.90 bits per heavy atom. The van der Waals surface area contributed by atoms with Crippen LogP contribution >= 0.6 is 0 Å². The maximum atomic E-state index is 14.2. The van der Waals surface area contributed by atoms with Crippen LogP contribution in [0.1, 0.15) is 6.42 Å². The molecule has 4 nitrogen and oxygen atoms in total. The van der Waals surface area contributed by atoms with E-state index in [0.717, 1.165) is 0 Å². The Labute approximate surface area is 156 Å². The molecule has 2 unspecified atom stereocenters. The van der Waals surface area contributed by atoms with Gasteiger partial charge in [0.1, 0.15) is 12.8 Å². The molecule has 0 radical (unpaired) electrons. The molecule has 0 saturated heterocycles. The Kier molecular flexibility index (Phi) is 10.5. The molecule has 0 bridgehead atoms. The summed E-state index contributed by atoms with van der Waals surface area (Å²) in [6, 6.07) is 0. The highest BCUT2D eigenvalue weighted by Crippen LogP contribution is 2.51. The zero-order chi connectivity index (χ0) is 23.0. The summed E-state index contributed by atoms with van der Waals surface area (Å²) >= 11 is 0. The molecule has 0 rings (SSSR count). The van der Waals surface area contributed by atoms with E-state index in [4.69, 9.17) is 10.2 Å². The number of aliphatic hydroxyl groups excluding tert-OH is 2. The average Bonchev–Trinajstić information content (AvgIpc) is 2.66. The molecule has 0 aliphatic rings. The van der Waals surface area contributed by atoms with Crippen LogP contribution in [-0.2, 0) is 9.47 Å². The Balaban J connectivity index is 5.67. The van der Waals surface area contributed by atoms with Crippen LogP contribution in [0.3, 0.4) is 0 Å². The van der Waals surface area contributed by atoms with E-state index in [2.05, 4.69) is 9.47 Å². The molecule has 0 saturated carbocycles. The lowest BCUT2D eigenvalue weighted by Crippen LogP contribution is -2.56. The zero-order valence-electron chi connectivity index (χ0n) is 14.2. The van der Waals surface area contributed by atoms with Gasteiger partial charge in [-0.15, -0.1) is 0 Å². The molecule has 0 aromatic heterocycles. The van der Waals surface area contributed by atoms with Crippen LogP contribution in [0.4, 0.5) is 48.3 Å². The molecule has 0 spiro atoms. The number of hydrogen-bond donors (Lipinski definition) is 2. The lowest BCUT2D eigenvalue weighted by atomic mass is 10.1. The second kappa shape index (κ2) is 11.1. The second-order valence-electron chi connectivity index (χ2n) is 5.26. The minimum atomic E-state index is -6.86. The summed E-state index contributed by atoms with van der Waals surface area (Å²) in [6.07, 6.45) is -8.95. The van der Waals surface area contributed by atoms with Gasteiger partial charge in [0.15, 0.2) is 17.5 Å². The van der Waals surface area contributed by atoms with Crippen LogP contribution < -0.4 is 0 Å². The molecule has 0 amide bonds. The third kappa shape index (κ3) is 6.79. The van der Waals surface area contributed by atoms with E-state index in [0.29, 0.717) is 0 Å². The van der Waals surface area contributed by atoms with E-state index in [1.54, 1.807) is 0 Å². The summed E-state index contributed by atoms with van der Waals surface area (Å²) in [7, 11) is 0. The van der Waals surface area contributed by atoms with Crippen molar-refractivity contribution in [3.63, 3.8) is 0 Å². The number of allylic oxidation sites excluding steroid dienone is 3. The number of hydrogen-bond acceptors (Lipinski definition) is 4. The van der Waals surface area contributed by atoms with Crippen molar-refractivity contribution in [2.45, 2.75) is 30.5 Å².